The van der Waals surface area contributed by atoms with Crippen LogP contribution in [0.5, 0.6) is 5.75 Å². The van der Waals surface area contributed by atoms with Gasteiger partial charge in [0.2, 0.25) is 0 Å². The smallest absolute Gasteiger partial charge is 0.412 e. The number of carbonyl (C=O) groups excluding carboxylic acids is 3. The molecule has 0 saturated carbocycles. The molecule has 0 unspecified atom stereocenters. The first-order valence-corrected chi connectivity index (χ1v) is 11.2. The molecular weight excluding hydrogens is 548 g/mol. The van der Waals surface area contributed by atoms with Crippen molar-refractivity contribution in [3.63, 3.8) is 0 Å². The maximum Gasteiger partial charge on any atom is 0.412 e. The van der Waals surface area contributed by atoms with Gasteiger partial charge in [0.05, 0.1) is 4.47 Å². The van der Waals surface area contributed by atoms with Crippen molar-refractivity contribution in [1.29, 1.82) is 0 Å². The first kappa shape index (κ1) is 25.6. The molecule has 0 aliphatic heterocycles. The summed E-state index contributed by atoms with van der Waals surface area (Å²) in [5.74, 6) is -0.769. The summed E-state index contributed by atoms with van der Waals surface area (Å²) < 4.78 is 6.72. The Balaban J connectivity index is 2.13. The van der Waals surface area contributed by atoms with Crippen molar-refractivity contribution >= 4 is 55.3 Å². The highest BCUT2D eigenvalue weighted by Crippen LogP contribution is 2.38. The third-order valence-corrected chi connectivity index (χ3v) is 5.47. The van der Waals surface area contributed by atoms with Crippen molar-refractivity contribution in [3.05, 3.63) is 68.6 Å². The summed E-state index contributed by atoms with van der Waals surface area (Å²) in [6.07, 6.45) is 2.65. The number of halogens is 2. The number of nitrogens with one attached hydrogen (secondary N) is 2. The second kappa shape index (κ2) is 12.4. The normalized spacial score (nSPS) is 11.8. The molecule has 4 N–H and O–H groups in total. The van der Waals surface area contributed by atoms with Crippen LogP contribution in [0.15, 0.2) is 57.5 Å². The van der Waals surface area contributed by atoms with Crippen molar-refractivity contribution in [2.75, 3.05) is 5.32 Å². The molecule has 1 atom stereocenters. The molecule has 2 rings (SSSR count). The van der Waals surface area contributed by atoms with Gasteiger partial charge in [0.25, 0.3) is 5.91 Å². The maximum absolute atomic E-state index is 12.5. The van der Waals surface area contributed by atoms with E-state index in [-0.39, 0.29) is 11.5 Å². The van der Waals surface area contributed by atoms with Gasteiger partial charge < -0.3 is 9.84 Å². The van der Waals surface area contributed by atoms with Crippen LogP contribution in [0.25, 0.3) is 0 Å². The van der Waals surface area contributed by atoms with Gasteiger partial charge in [-0.25, -0.2) is 10.3 Å². The molecule has 32 heavy (non-hydrogen) atoms. The molecule has 0 fully saturated rings. The van der Waals surface area contributed by atoms with Gasteiger partial charge in [0.15, 0.2) is 5.78 Å². The quantitative estimate of drug-likeness (QED) is 0.102. The molecule has 8 nitrogen and oxygen atoms in total. The van der Waals surface area contributed by atoms with Gasteiger partial charge in [-0.15, -0.1) is 0 Å². The van der Waals surface area contributed by atoms with Gasteiger partial charge >= 0.3 is 6.09 Å². The number of rotatable bonds is 9. The monoisotopic (exact) mass is 568 g/mol. The van der Waals surface area contributed by atoms with E-state index in [1.807, 2.05) is 0 Å². The van der Waals surface area contributed by atoms with Crippen molar-refractivity contribution in [3.8, 4) is 5.75 Å². The van der Waals surface area contributed by atoms with Crippen LogP contribution in [0.3, 0.4) is 0 Å². The van der Waals surface area contributed by atoms with Crippen molar-refractivity contribution in [2.24, 2.45) is 0 Å². The number of phenols is 1. The fourth-order valence-corrected chi connectivity index (χ4v) is 4.08. The van der Waals surface area contributed by atoms with E-state index in [1.54, 1.807) is 42.5 Å². The number of hydrogen-bond donors (Lipinski definition) is 4. The highest BCUT2D eigenvalue weighted by atomic mass is 79.9. The Hall–Kier alpha value is -2.69. The number of amides is 2. The Morgan fingerprint density at radius 1 is 1.16 bits per heavy atom. The van der Waals surface area contributed by atoms with Gasteiger partial charge in [-0.3, -0.25) is 20.1 Å². The van der Waals surface area contributed by atoms with Crippen molar-refractivity contribution in [2.45, 2.75) is 32.3 Å². The lowest BCUT2D eigenvalue weighted by molar-refractivity contribution is -0.124. The largest absolute Gasteiger partial charge is 0.506 e. The van der Waals surface area contributed by atoms with Crippen LogP contribution in [-0.4, -0.2) is 28.1 Å². The molecule has 0 heterocycles. The fourth-order valence-electron chi connectivity index (χ4n) is 2.82. The molecular formula is C22H22Br2N2O6. The molecule has 2 aromatic carbocycles. The van der Waals surface area contributed by atoms with Crippen LogP contribution in [-0.2, 0) is 9.53 Å². The summed E-state index contributed by atoms with van der Waals surface area (Å²) in [6, 6.07) is 9.72. The molecule has 0 aromatic heterocycles. The number of carbonyl (C=O) groups is 3. The highest BCUT2D eigenvalue weighted by molar-refractivity contribution is 9.11. The summed E-state index contributed by atoms with van der Waals surface area (Å²) in [4.78, 5) is 34.9. The first-order chi connectivity index (χ1) is 15.2. The zero-order chi connectivity index (χ0) is 23.7. The fraction of sp³-hybridized carbons (Fsp3) is 0.227. The van der Waals surface area contributed by atoms with Gasteiger partial charge in [-0.1, -0.05) is 22.0 Å². The molecule has 170 valence electrons. The average Bonchev–Trinajstić information content (AvgIpc) is 2.75. The number of hydroxylamine groups is 1. The number of allylic oxidation sites excluding steroid dienone is 1. The molecule has 0 spiro atoms. The Morgan fingerprint density at radius 2 is 1.84 bits per heavy atom. The molecule has 0 aliphatic rings. The third kappa shape index (κ3) is 7.77. The van der Waals surface area contributed by atoms with Crippen LogP contribution >= 0.6 is 31.9 Å². The Bertz CT molecular complexity index is 1010. The van der Waals surface area contributed by atoms with Gasteiger partial charge in [-0.2, -0.15) is 0 Å². The standard InChI is InChI=1S/C22H22Br2N2O6/c1-13(27)14-7-9-16(10-8-14)25-22(30)32-19(5-3-2-4-6-20(28)26-31)17-11-15(23)12-18(24)21(17)29/h4,6-12,19,29,31H,2-3,5H2,1H3,(H,25,30)(H,26,28)/b6-4+/t19-/m0/s1. The summed E-state index contributed by atoms with van der Waals surface area (Å²) in [5.41, 5.74) is 2.89. The van der Waals surface area contributed by atoms with Crippen LogP contribution in [0.2, 0.25) is 0 Å². The van der Waals surface area contributed by atoms with E-state index in [0.29, 0.717) is 45.0 Å². The Kier molecular flexibility index (Phi) is 9.89. The van der Waals surface area contributed by atoms with E-state index in [9.17, 15) is 19.5 Å². The molecule has 2 aromatic rings. The summed E-state index contributed by atoms with van der Waals surface area (Å²) in [5, 5.41) is 21.6. The van der Waals surface area contributed by atoms with E-state index in [1.165, 1.54) is 18.5 Å². The summed E-state index contributed by atoms with van der Waals surface area (Å²) in [6.45, 7) is 1.45. The average molecular weight is 570 g/mol. The lowest BCUT2D eigenvalue weighted by Crippen LogP contribution is -2.18. The summed E-state index contributed by atoms with van der Waals surface area (Å²) >= 11 is 6.64. The number of ether oxygens (including phenoxy) is 1. The van der Waals surface area contributed by atoms with Crippen LogP contribution in [0, 0.1) is 0 Å². The number of unbranched alkanes of at least 4 members (excludes halogenated alkanes) is 1. The minimum atomic E-state index is -0.777. The summed E-state index contributed by atoms with van der Waals surface area (Å²) in [7, 11) is 0. The molecule has 0 aliphatic carbocycles. The zero-order valence-corrected chi connectivity index (χ0v) is 20.3. The second-order valence-corrected chi connectivity index (χ2v) is 8.56. The SMILES string of the molecule is CC(=O)c1ccc(NC(=O)O[C@@H](CCC/C=C/C(=O)NO)c2cc(Br)cc(Br)c2O)cc1. The van der Waals surface area contributed by atoms with Crippen molar-refractivity contribution < 1.29 is 29.4 Å². The predicted octanol–water partition coefficient (Wildman–Crippen LogP) is 5.64. The lowest BCUT2D eigenvalue weighted by atomic mass is 10.0. The van der Waals surface area contributed by atoms with Gasteiger partial charge in [-0.05, 0) is 78.5 Å². The minimum absolute atomic E-state index is 0.0491. The van der Waals surface area contributed by atoms with Crippen LogP contribution in [0.1, 0.15) is 48.2 Å². The van der Waals surface area contributed by atoms with Gasteiger partial charge in [0.1, 0.15) is 11.9 Å². The minimum Gasteiger partial charge on any atom is -0.506 e. The molecule has 0 saturated heterocycles. The molecule has 2 amide bonds. The number of phenolic OH excluding ortho intramolecular Hbond substituents is 1. The third-order valence-electron chi connectivity index (χ3n) is 4.41. The zero-order valence-electron chi connectivity index (χ0n) is 17.1. The number of benzene rings is 2. The Labute approximate surface area is 201 Å². The molecule has 0 radical (unpaired) electrons. The number of ketones is 1. The number of anilines is 1. The molecule has 0 bridgehead atoms. The van der Waals surface area contributed by atoms with Crippen LogP contribution in [0.4, 0.5) is 10.5 Å². The van der Waals surface area contributed by atoms with E-state index in [4.69, 9.17) is 9.94 Å². The maximum atomic E-state index is 12.5. The van der Waals surface area contributed by atoms with Crippen LogP contribution < -0.4 is 10.8 Å². The number of Topliss-reactive ketones (excluding diaryl/α,β-unsaturated/α-hetero) is 1. The number of hydrogen-bond acceptors (Lipinski definition) is 6. The topological polar surface area (TPSA) is 125 Å². The lowest BCUT2D eigenvalue weighted by Gasteiger charge is -2.20. The first-order valence-electron chi connectivity index (χ1n) is 9.58. The van der Waals surface area contributed by atoms with E-state index < -0.39 is 18.1 Å². The highest BCUT2D eigenvalue weighted by Gasteiger charge is 2.22. The second-order valence-electron chi connectivity index (χ2n) is 6.79. The van der Waals surface area contributed by atoms with E-state index in [2.05, 4.69) is 37.2 Å². The Morgan fingerprint density at radius 3 is 2.47 bits per heavy atom. The predicted molar refractivity (Wildman–Crippen MR) is 126 cm³/mol. The number of aromatic hydroxyl groups is 1. The molecule has 10 heteroatoms. The van der Waals surface area contributed by atoms with E-state index >= 15 is 0 Å². The van der Waals surface area contributed by atoms with Crippen molar-refractivity contribution in [1.82, 2.24) is 5.48 Å². The van der Waals surface area contributed by atoms with Gasteiger partial charge in [0, 0.05) is 27.4 Å². The van der Waals surface area contributed by atoms with E-state index in [0.717, 1.165) is 0 Å².